The average molecular weight is 546 g/mol. The highest BCUT2D eigenvalue weighted by Gasteiger charge is 2.41. The van der Waals surface area contributed by atoms with E-state index in [1.54, 1.807) is 31.6 Å². The summed E-state index contributed by atoms with van der Waals surface area (Å²) >= 11 is 1.66. The fourth-order valence-corrected chi connectivity index (χ4v) is 6.12. The van der Waals surface area contributed by atoms with Crippen LogP contribution >= 0.6 is 11.3 Å². The van der Waals surface area contributed by atoms with Crippen LogP contribution in [0.2, 0.25) is 0 Å². The van der Waals surface area contributed by atoms with Gasteiger partial charge in [0.1, 0.15) is 19.0 Å². The number of para-hydroxylation sites is 1. The molecule has 0 saturated heterocycles. The maximum Gasteiger partial charge on any atom is 0.336 e. The second kappa shape index (κ2) is 11.8. The Balaban J connectivity index is 1.46. The van der Waals surface area contributed by atoms with Gasteiger partial charge in [0.2, 0.25) is 0 Å². The van der Waals surface area contributed by atoms with E-state index in [1.165, 1.54) is 4.88 Å². The van der Waals surface area contributed by atoms with Crippen LogP contribution in [0.3, 0.4) is 0 Å². The second-order valence-electron chi connectivity index (χ2n) is 9.44. The Morgan fingerprint density at radius 3 is 2.49 bits per heavy atom. The summed E-state index contributed by atoms with van der Waals surface area (Å²) in [6, 6.07) is 18.9. The summed E-state index contributed by atoms with van der Waals surface area (Å²) < 4.78 is 22.3. The van der Waals surface area contributed by atoms with Crippen LogP contribution in [0.4, 0.5) is 0 Å². The lowest BCUT2D eigenvalue weighted by Gasteiger charge is -2.36. The second-order valence-corrected chi connectivity index (χ2v) is 10.4. The number of dihydropyridines is 1. The minimum absolute atomic E-state index is 0.0205. The lowest BCUT2D eigenvalue weighted by atomic mass is 9.72. The SMILES string of the molecule is COc1ccc([C@H]2C(C(=O)OCCOc3ccccc3)=C(C)NC3=C2C(=O)C[C@H](c2cccs2)C3)cc1OC. The van der Waals surface area contributed by atoms with Crippen LogP contribution < -0.4 is 19.5 Å². The van der Waals surface area contributed by atoms with Crippen molar-refractivity contribution in [2.75, 3.05) is 27.4 Å². The third-order valence-electron chi connectivity index (χ3n) is 7.06. The van der Waals surface area contributed by atoms with Gasteiger partial charge in [-0.2, -0.15) is 0 Å². The molecule has 1 aliphatic carbocycles. The number of hydrogen-bond donors (Lipinski definition) is 1. The van der Waals surface area contributed by atoms with Crippen LogP contribution in [0.1, 0.15) is 42.0 Å². The van der Waals surface area contributed by atoms with Crippen LogP contribution in [0.5, 0.6) is 17.2 Å². The molecule has 0 fully saturated rings. The number of carbonyl (C=O) groups excluding carboxylic acids is 2. The number of ether oxygens (including phenoxy) is 4. The zero-order valence-corrected chi connectivity index (χ0v) is 23.0. The van der Waals surface area contributed by atoms with Crippen molar-refractivity contribution < 1.29 is 28.5 Å². The van der Waals surface area contributed by atoms with Crippen molar-refractivity contribution in [2.24, 2.45) is 0 Å². The summed E-state index contributed by atoms with van der Waals surface area (Å²) in [5.41, 5.74) is 3.29. The van der Waals surface area contributed by atoms with Gasteiger partial charge in [-0.15, -0.1) is 11.3 Å². The molecule has 2 aliphatic rings. The van der Waals surface area contributed by atoms with E-state index in [4.69, 9.17) is 18.9 Å². The summed E-state index contributed by atoms with van der Waals surface area (Å²) in [7, 11) is 3.14. The van der Waals surface area contributed by atoms with Crippen molar-refractivity contribution >= 4 is 23.1 Å². The predicted molar refractivity (Wildman–Crippen MR) is 149 cm³/mol. The van der Waals surface area contributed by atoms with Gasteiger partial charge in [-0.1, -0.05) is 30.3 Å². The molecule has 2 heterocycles. The molecule has 2 atom stereocenters. The molecule has 39 heavy (non-hydrogen) atoms. The summed E-state index contributed by atoms with van der Waals surface area (Å²) in [5, 5.41) is 5.43. The largest absolute Gasteiger partial charge is 0.493 e. The van der Waals surface area contributed by atoms with Crippen LogP contribution in [0, 0.1) is 0 Å². The van der Waals surface area contributed by atoms with E-state index in [-0.39, 0.29) is 24.9 Å². The highest BCUT2D eigenvalue weighted by atomic mass is 32.1. The van der Waals surface area contributed by atoms with Crippen molar-refractivity contribution in [1.82, 2.24) is 5.32 Å². The number of Topliss-reactive ketones (excluding diaryl/α,β-unsaturated/α-hetero) is 1. The number of ketones is 1. The molecule has 0 amide bonds. The minimum Gasteiger partial charge on any atom is -0.493 e. The van der Waals surface area contributed by atoms with Gasteiger partial charge in [0.15, 0.2) is 17.3 Å². The van der Waals surface area contributed by atoms with Crippen LogP contribution in [0.25, 0.3) is 0 Å². The van der Waals surface area contributed by atoms with E-state index in [1.807, 2.05) is 60.8 Å². The minimum atomic E-state index is -0.597. The van der Waals surface area contributed by atoms with Crippen LogP contribution in [-0.4, -0.2) is 39.2 Å². The van der Waals surface area contributed by atoms with E-state index in [0.29, 0.717) is 46.9 Å². The molecule has 1 aliphatic heterocycles. The molecule has 5 rings (SSSR count). The van der Waals surface area contributed by atoms with Gasteiger partial charge in [-0.25, -0.2) is 4.79 Å². The van der Waals surface area contributed by atoms with E-state index in [2.05, 4.69) is 11.4 Å². The Bertz CT molecular complexity index is 1410. The summed E-state index contributed by atoms with van der Waals surface area (Å²) in [6.07, 6.45) is 1.08. The first-order valence-corrected chi connectivity index (χ1v) is 13.7. The molecular weight excluding hydrogens is 514 g/mol. The predicted octanol–water partition coefficient (Wildman–Crippen LogP) is 5.75. The van der Waals surface area contributed by atoms with Crippen molar-refractivity contribution in [3.05, 3.63) is 99.0 Å². The van der Waals surface area contributed by atoms with Gasteiger partial charge in [0.25, 0.3) is 0 Å². The first-order valence-electron chi connectivity index (χ1n) is 12.8. The molecule has 2 aromatic carbocycles. The topological polar surface area (TPSA) is 83.1 Å². The van der Waals surface area contributed by atoms with Crippen molar-refractivity contribution in [2.45, 2.75) is 31.6 Å². The number of esters is 1. The standard InChI is InChI=1S/C31H31NO6S/c1-19-28(31(34)38-14-13-37-22-8-5-4-6-9-22)29(20-11-12-25(35-2)26(18-20)36-3)30-23(32-19)16-21(17-24(30)33)27-10-7-15-39-27/h4-12,15,18,21,29,32H,13-14,16-17H2,1-3H3/t21-,29+/m1/s1. The number of hydrogen-bond acceptors (Lipinski definition) is 8. The van der Waals surface area contributed by atoms with Gasteiger partial charge in [0, 0.05) is 40.1 Å². The van der Waals surface area contributed by atoms with E-state index < -0.39 is 11.9 Å². The van der Waals surface area contributed by atoms with Gasteiger partial charge >= 0.3 is 5.97 Å². The average Bonchev–Trinajstić information content (AvgIpc) is 3.50. The van der Waals surface area contributed by atoms with Crippen LogP contribution in [-0.2, 0) is 14.3 Å². The molecule has 0 radical (unpaired) electrons. The number of benzene rings is 2. The number of allylic oxidation sites excluding steroid dienone is 3. The third-order valence-corrected chi connectivity index (χ3v) is 8.10. The van der Waals surface area contributed by atoms with E-state index in [9.17, 15) is 9.59 Å². The third kappa shape index (κ3) is 5.56. The van der Waals surface area contributed by atoms with E-state index in [0.717, 1.165) is 11.3 Å². The maximum absolute atomic E-state index is 13.7. The molecule has 0 spiro atoms. The highest BCUT2D eigenvalue weighted by Crippen LogP contribution is 2.47. The molecule has 1 aromatic heterocycles. The number of methoxy groups -OCH3 is 2. The molecule has 3 aromatic rings. The van der Waals surface area contributed by atoms with E-state index >= 15 is 0 Å². The summed E-state index contributed by atoms with van der Waals surface area (Å²) in [5.74, 6) is 0.835. The first-order chi connectivity index (χ1) is 19.0. The fraction of sp³-hybridized carbons (Fsp3) is 0.290. The van der Waals surface area contributed by atoms with Gasteiger partial charge in [-0.05, 0) is 54.6 Å². The summed E-state index contributed by atoms with van der Waals surface area (Å²) in [6.45, 7) is 2.14. The van der Waals surface area contributed by atoms with Crippen molar-refractivity contribution in [3.63, 3.8) is 0 Å². The van der Waals surface area contributed by atoms with Gasteiger partial charge < -0.3 is 24.3 Å². The lowest BCUT2D eigenvalue weighted by Crippen LogP contribution is -2.36. The number of rotatable bonds is 9. The monoisotopic (exact) mass is 545 g/mol. The zero-order valence-electron chi connectivity index (χ0n) is 22.2. The number of thiophene rings is 1. The zero-order chi connectivity index (χ0) is 27.4. The normalized spacial score (nSPS) is 18.8. The van der Waals surface area contributed by atoms with Gasteiger partial charge in [-0.3, -0.25) is 4.79 Å². The van der Waals surface area contributed by atoms with Crippen molar-refractivity contribution in [3.8, 4) is 17.2 Å². The Morgan fingerprint density at radius 1 is 0.974 bits per heavy atom. The lowest BCUT2D eigenvalue weighted by molar-refractivity contribution is -0.140. The first kappa shape index (κ1) is 26.6. The van der Waals surface area contributed by atoms with Crippen LogP contribution in [0.15, 0.2) is 88.6 Å². The summed E-state index contributed by atoms with van der Waals surface area (Å²) in [4.78, 5) is 28.5. The molecule has 8 heteroatoms. The fourth-order valence-electron chi connectivity index (χ4n) is 5.29. The molecule has 0 unspecified atom stereocenters. The Morgan fingerprint density at radius 2 is 1.77 bits per heavy atom. The molecule has 0 bridgehead atoms. The maximum atomic E-state index is 13.7. The smallest absolute Gasteiger partial charge is 0.336 e. The quantitative estimate of drug-likeness (QED) is 0.271. The molecule has 1 N–H and O–H groups in total. The molecule has 0 saturated carbocycles. The number of carbonyl (C=O) groups is 2. The molecule has 202 valence electrons. The Labute approximate surface area is 232 Å². The number of nitrogens with one attached hydrogen (secondary N) is 1. The Kier molecular flexibility index (Phi) is 8.02. The van der Waals surface area contributed by atoms with Crippen molar-refractivity contribution in [1.29, 1.82) is 0 Å². The molecule has 7 nitrogen and oxygen atoms in total. The Hall–Kier alpha value is -4.04. The van der Waals surface area contributed by atoms with Gasteiger partial charge in [0.05, 0.1) is 19.8 Å². The molecular formula is C31H31NO6S. The highest BCUT2D eigenvalue weighted by molar-refractivity contribution is 7.10.